The molecule has 1 heterocycles. The summed E-state index contributed by atoms with van der Waals surface area (Å²) in [6, 6.07) is 9.01. The standard InChI is InChI=1S/C15H15N3O6S2/c1-9-15(19)17-13-7-6-12(8-14(13)24-9)26(22,23)18-10-2-4-11(5-3-10)25(16,20)21/h2-9,18H,1H3,(H,17,19)(H2,16,20,21)/t9-/m0/s1. The summed E-state index contributed by atoms with van der Waals surface area (Å²) in [4.78, 5) is 11.4. The largest absolute Gasteiger partial charge is 0.479 e. The van der Waals surface area contributed by atoms with Crippen molar-refractivity contribution in [2.24, 2.45) is 5.14 Å². The van der Waals surface area contributed by atoms with Gasteiger partial charge < -0.3 is 10.1 Å². The zero-order valence-corrected chi connectivity index (χ0v) is 15.1. The summed E-state index contributed by atoms with van der Waals surface area (Å²) >= 11 is 0. The smallest absolute Gasteiger partial charge is 0.265 e. The second-order valence-electron chi connectivity index (χ2n) is 5.58. The fraction of sp³-hybridized carbons (Fsp3) is 0.133. The first-order chi connectivity index (χ1) is 12.1. The summed E-state index contributed by atoms with van der Waals surface area (Å²) in [7, 11) is -7.81. The minimum absolute atomic E-state index is 0.0740. The summed E-state index contributed by atoms with van der Waals surface area (Å²) < 4.78 is 55.2. The molecule has 2 aromatic rings. The van der Waals surface area contributed by atoms with E-state index in [1.807, 2.05) is 0 Å². The van der Waals surface area contributed by atoms with Gasteiger partial charge in [0.25, 0.3) is 15.9 Å². The van der Waals surface area contributed by atoms with Crippen LogP contribution in [0.1, 0.15) is 6.92 Å². The molecule has 26 heavy (non-hydrogen) atoms. The molecule has 0 saturated heterocycles. The lowest BCUT2D eigenvalue weighted by atomic mass is 10.2. The van der Waals surface area contributed by atoms with Gasteiger partial charge >= 0.3 is 0 Å². The van der Waals surface area contributed by atoms with Gasteiger partial charge in [-0.1, -0.05) is 0 Å². The van der Waals surface area contributed by atoms with Crippen LogP contribution in [0.4, 0.5) is 11.4 Å². The number of ether oxygens (including phenoxy) is 1. The van der Waals surface area contributed by atoms with Gasteiger partial charge in [-0.2, -0.15) is 0 Å². The van der Waals surface area contributed by atoms with Crippen LogP contribution in [0.25, 0.3) is 0 Å². The first-order valence-electron chi connectivity index (χ1n) is 7.33. The minimum Gasteiger partial charge on any atom is -0.479 e. The predicted molar refractivity (Wildman–Crippen MR) is 93.8 cm³/mol. The molecule has 0 aromatic heterocycles. The zero-order chi connectivity index (χ0) is 19.1. The molecule has 0 radical (unpaired) electrons. The van der Waals surface area contributed by atoms with Crippen molar-refractivity contribution in [3.63, 3.8) is 0 Å². The van der Waals surface area contributed by atoms with Crippen LogP contribution in [0.2, 0.25) is 0 Å². The minimum atomic E-state index is -3.95. The van der Waals surface area contributed by atoms with Gasteiger partial charge in [-0.25, -0.2) is 22.0 Å². The zero-order valence-electron chi connectivity index (χ0n) is 13.5. The maximum absolute atomic E-state index is 12.5. The monoisotopic (exact) mass is 397 g/mol. The normalized spacial score (nSPS) is 17.0. The fourth-order valence-electron chi connectivity index (χ4n) is 2.28. The molecule has 1 aliphatic rings. The highest BCUT2D eigenvalue weighted by Gasteiger charge is 2.25. The molecule has 138 valence electrons. The average molecular weight is 397 g/mol. The Labute approximate surface area is 150 Å². The van der Waals surface area contributed by atoms with Crippen molar-refractivity contribution in [2.75, 3.05) is 10.0 Å². The third-order valence-electron chi connectivity index (χ3n) is 3.63. The van der Waals surface area contributed by atoms with Crippen LogP contribution in [0.5, 0.6) is 5.75 Å². The number of benzene rings is 2. The third kappa shape index (κ3) is 3.64. The number of nitrogens with one attached hydrogen (secondary N) is 2. The highest BCUT2D eigenvalue weighted by molar-refractivity contribution is 7.92. The number of anilines is 2. The molecule has 1 atom stereocenters. The molecule has 0 saturated carbocycles. The number of hydrogen-bond acceptors (Lipinski definition) is 6. The number of hydrogen-bond donors (Lipinski definition) is 3. The van der Waals surface area contributed by atoms with Crippen molar-refractivity contribution in [1.82, 2.24) is 0 Å². The fourth-order valence-corrected chi connectivity index (χ4v) is 3.86. The molecule has 1 amide bonds. The number of sulfonamides is 2. The Kier molecular flexibility index (Phi) is 4.38. The molecular formula is C15H15N3O6S2. The van der Waals surface area contributed by atoms with Crippen molar-refractivity contribution in [2.45, 2.75) is 22.8 Å². The lowest BCUT2D eigenvalue weighted by Gasteiger charge is -2.23. The lowest BCUT2D eigenvalue weighted by molar-refractivity contribution is -0.122. The molecule has 2 aromatic carbocycles. The van der Waals surface area contributed by atoms with E-state index in [9.17, 15) is 21.6 Å². The lowest BCUT2D eigenvalue weighted by Crippen LogP contribution is -2.34. The van der Waals surface area contributed by atoms with Crippen molar-refractivity contribution in [3.05, 3.63) is 42.5 Å². The topological polar surface area (TPSA) is 145 Å². The van der Waals surface area contributed by atoms with E-state index in [0.717, 1.165) is 0 Å². The molecule has 1 aliphatic heterocycles. The van der Waals surface area contributed by atoms with Crippen LogP contribution in [-0.4, -0.2) is 28.8 Å². The Morgan fingerprint density at radius 2 is 1.65 bits per heavy atom. The highest BCUT2D eigenvalue weighted by atomic mass is 32.2. The van der Waals surface area contributed by atoms with Gasteiger partial charge in [-0.15, -0.1) is 0 Å². The van der Waals surface area contributed by atoms with Gasteiger partial charge in [0.05, 0.1) is 15.5 Å². The van der Waals surface area contributed by atoms with E-state index in [1.165, 1.54) is 42.5 Å². The van der Waals surface area contributed by atoms with Gasteiger partial charge in [0.15, 0.2) is 6.10 Å². The van der Waals surface area contributed by atoms with Gasteiger partial charge in [-0.05, 0) is 43.3 Å². The predicted octanol–water partition coefficient (Wildman–Crippen LogP) is 0.854. The Morgan fingerprint density at radius 1 is 1.04 bits per heavy atom. The summed E-state index contributed by atoms with van der Waals surface area (Å²) in [5.41, 5.74) is 0.544. The Morgan fingerprint density at radius 3 is 2.27 bits per heavy atom. The van der Waals surface area contributed by atoms with Gasteiger partial charge in [0.2, 0.25) is 10.0 Å². The number of carbonyl (C=O) groups excluding carboxylic acids is 1. The molecule has 0 aliphatic carbocycles. The molecular weight excluding hydrogens is 382 g/mol. The number of primary sulfonamides is 1. The van der Waals surface area contributed by atoms with E-state index in [1.54, 1.807) is 6.92 Å². The summed E-state index contributed by atoms with van der Waals surface area (Å²) in [6.45, 7) is 1.55. The average Bonchev–Trinajstić information content (AvgIpc) is 2.55. The van der Waals surface area contributed by atoms with E-state index in [4.69, 9.17) is 9.88 Å². The van der Waals surface area contributed by atoms with Crippen LogP contribution in [0, 0.1) is 0 Å². The highest BCUT2D eigenvalue weighted by Crippen LogP contribution is 2.32. The first kappa shape index (κ1) is 18.2. The first-order valence-corrected chi connectivity index (χ1v) is 10.4. The van der Waals surface area contributed by atoms with Crippen LogP contribution < -0.4 is 19.9 Å². The Balaban J connectivity index is 1.87. The van der Waals surface area contributed by atoms with Gasteiger partial charge in [0, 0.05) is 11.8 Å². The van der Waals surface area contributed by atoms with Crippen molar-refractivity contribution in [3.8, 4) is 5.75 Å². The van der Waals surface area contributed by atoms with Crippen LogP contribution in [0.15, 0.2) is 52.3 Å². The molecule has 3 rings (SSSR count). The number of nitrogens with two attached hydrogens (primary N) is 1. The SMILES string of the molecule is C[C@@H]1Oc2cc(S(=O)(=O)Nc3ccc(S(N)(=O)=O)cc3)ccc2NC1=O. The van der Waals surface area contributed by atoms with Gasteiger partial charge in [0.1, 0.15) is 5.75 Å². The summed E-state index contributed by atoms with van der Waals surface area (Å²) in [6.07, 6.45) is -0.737. The quantitative estimate of drug-likeness (QED) is 0.697. The number of fused-ring (bicyclic) bond motifs is 1. The van der Waals surface area contributed by atoms with E-state index in [0.29, 0.717) is 5.69 Å². The molecule has 0 unspecified atom stereocenters. The summed E-state index contributed by atoms with van der Waals surface area (Å²) in [5.74, 6) is -0.0780. The number of carbonyl (C=O) groups is 1. The van der Waals surface area contributed by atoms with Crippen LogP contribution in [0.3, 0.4) is 0 Å². The maximum Gasteiger partial charge on any atom is 0.265 e. The molecule has 0 spiro atoms. The number of rotatable bonds is 4. The van der Waals surface area contributed by atoms with E-state index in [2.05, 4.69) is 10.0 Å². The van der Waals surface area contributed by atoms with E-state index < -0.39 is 26.2 Å². The Hall–Kier alpha value is -2.63. The second kappa shape index (κ2) is 6.27. The van der Waals surface area contributed by atoms with E-state index in [-0.39, 0.29) is 27.1 Å². The molecule has 0 fully saturated rings. The molecule has 0 bridgehead atoms. The summed E-state index contributed by atoms with van der Waals surface area (Å²) in [5, 5.41) is 7.61. The molecule has 9 nitrogen and oxygen atoms in total. The third-order valence-corrected chi connectivity index (χ3v) is 5.94. The van der Waals surface area contributed by atoms with Crippen LogP contribution >= 0.6 is 0 Å². The molecule has 4 N–H and O–H groups in total. The van der Waals surface area contributed by atoms with Crippen molar-refractivity contribution >= 4 is 37.3 Å². The second-order valence-corrected chi connectivity index (χ2v) is 8.83. The van der Waals surface area contributed by atoms with Crippen molar-refractivity contribution in [1.29, 1.82) is 0 Å². The maximum atomic E-state index is 12.5. The Bertz CT molecular complexity index is 1080. The van der Waals surface area contributed by atoms with E-state index >= 15 is 0 Å². The number of amides is 1. The van der Waals surface area contributed by atoms with Crippen LogP contribution in [-0.2, 0) is 24.8 Å². The van der Waals surface area contributed by atoms with Gasteiger partial charge in [-0.3, -0.25) is 9.52 Å². The van der Waals surface area contributed by atoms with Crippen molar-refractivity contribution < 1.29 is 26.4 Å². The molecule has 11 heteroatoms.